The van der Waals surface area contributed by atoms with Crippen molar-refractivity contribution in [2.24, 2.45) is 0 Å². The molecule has 0 bridgehead atoms. The topological polar surface area (TPSA) is 71.4 Å². The molecule has 4 nitrogen and oxygen atoms in total. The smallest absolute Gasteiger partial charge is 0.345 e. The van der Waals surface area contributed by atoms with E-state index in [2.05, 4.69) is 0 Å². The highest BCUT2D eigenvalue weighted by Gasteiger charge is 2.19. The first-order valence-electron chi connectivity index (χ1n) is 5.91. The first kappa shape index (κ1) is 14.7. The summed E-state index contributed by atoms with van der Waals surface area (Å²) in [5.74, 6) is -1.20. The van der Waals surface area contributed by atoms with Crippen LogP contribution < -0.4 is 0 Å². The van der Waals surface area contributed by atoms with Crippen molar-refractivity contribution < 1.29 is 18.3 Å². The maximum absolute atomic E-state index is 12.3. The highest BCUT2D eigenvalue weighted by molar-refractivity contribution is 7.90. The summed E-state index contributed by atoms with van der Waals surface area (Å²) >= 11 is 1.10. The van der Waals surface area contributed by atoms with Gasteiger partial charge in [0.2, 0.25) is 0 Å². The quantitative estimate of drug-likeness (QED) is 0.942. The Hall–Kier alpha value is -1.66. The van der Waals surface area contributed by atoms with Crippen molar-refractivity contribution >= 4 is 27.1 Å². The number of carbonyl (C=O) groups is 1. The third kappa shape index (κ3) is 3.08. The van der Waals surface area contributed by atoms with Crippen LogP contribution in [0.2, 0.25) is 0 Å². The Labute approximate surface area is 121 Å². The van der Waals surface area contributed by atoms with E-state index >= 15 is 0 Å². The van der Waals surface area contributed by atoms with E-state index in [1.54, 1.807) is 25.1 Å². The zero-order chi connectivity index (χ0) is 14.9. The molecule has 0 spiro atoms. The normalized spacial score (nSPS) is 11.5. The van der Waals surface area contributed by atoms with Crippen LogP contribution in [-0.4, -0.2) is 19.5 Å². The summed E-state index contributed by atoms with van der Waals surface area (Å²) in [4.78, 5) is 12.1. The lowest BCUT2D eigenvalue weighted by Crippen LogP contribution is -2.05. The molecule has 0 saturated carbocycles. The molecule has 0 radical (unpaired) electrons. The van der Waals surface area contributed by atoms with Crippen LogP contribution in [0.3, 0.4) is 0 Å². The molecule has 0 atom stereocenters. The molecule has 0 unspecified atom stereocenters. The third-order valence-corrected chi connectivity index (χ3v) is 5.67. The zero-order valence-corrected chi connectivity index (χ0v) is 12.7. The van der Waals surface area contributed by atoms with Crippen molar-refractivity contribution in [3.63, 3.8) is 0 Å². The maximum Gasteiger partial charge on any atom is 0.345 e. The largest absolute Gasteiger partial charge is 0.477 e. The Morgan fingerprint density at radius 1 is 1.25 bits per heavy atom. The summed E-state index contributed by atoms with van der Waals surface area (Å²) in [6.07, 6.45) is 0. The Balaban J connectivity index is 2.36. The van der Waals surface area contributed by atoms with E-state index < -0.39 is 15.8 Å². The van der Waals surface area contributed by atoms with Gasteiger partial charge in [-0.2, -0.15) is 0 Å². The third-order valence-electron chi connectivity index (χ3n) is 2.93. The Bertz CT molecular complexity index is 757. The number of carboxylic acids is 1. The van der Waals surface area contributed by atoms with E-state index in [1.165, 1.54) is 6.07 Å². The van der Waals surface area contributed by atoms with Crippen molar-refractivity contribution in [2.75, 3.05) is 0 Å². The average Bonchev–Trinajstić information content (AvgIpc) is 2.70. The second-order valence-electron chi connectivity index (χ2n) is 4.57. The van der Waals surface area contributed by atoms with E-state index in [0.717, 1.165) is 21.8 Å². The SMILES string of the molecule is Cc1cccc(S(=O)(=O)Cc2cc(C(=O)O)sc2C)c1. The van der Waals surface area contributed by atoms with Gasteiger partial charge in [-0.05, 0) is 43.2 Å². The lowest BCUT2D eigenvalue weighted by atomic mass is 10.2. The van der Waals surface area contributed by atoms with Crippen LogP contribution in [0.1, 0.15) is 25.7 Å². The number of benzene rings is 1. The molecule has 0 amide bonds. The fourth-order valence-electron chi connectivity index (χ4n) is 1.87. The van der Waals surface area contributed by atoms with Crippen molar-refractivity contribution in [3.05, 3.63) is 51.2 Å². The molecule has 6 heteroatoms. The van der Waals surface area contributed by atoms with Gasteiger partial charge in [-0.15, -0.1) is 11.3 Å². The van der Waals surface area contributed by atoms with Crippen molar-refractivity contribution in [3.8, 4) is 0 Å². The molecule has 1 heterocycles. The van der Waals surface area contributed by atoms with Gasteiger partial charge in [0.15, 0.2) is 9.84 Å². The predicted molar refractivity (Wildman–Crippen MR) is 78.1 cm³/mol. The summed E-state index contributed by atoms with van der Waals surface area (Å²) in [6, 6.07) is 8.15. The number of carboxylic acid groups (broad SMARTS) is 1. The molecule has 0 aliphatic rings. The number of hydrogen-bond acceptors (Lipinski definition) is 4. The van der Waals surface area contributed by atoms with Gasteiger partial charge in [0.25, 0.3) is 0 Å². The number of hydrogen-bond donors (Lipinski definition) is 1. The average molecular weight is 310 g/mol. The van der Waals surface area contributed by atoms with Gasteiger partial charge >= 0.3 is 5.97 Å². The van der Waals surface area contributed by atoms with E-state index in [4.69, 9.17) is 5.11 Å². The van der Waals surface area contributed by atoms with Crippen LogP contribution in [0.5, 0.6) is 0 Å². The monoisotopic (exact) mass is 310 g/mol. The Morgan fingerprint density at radius 2 is 1.95 bits per heavy atom. The molecular formula is C14H14O4S2. The Kier molecular flexibility index (Phi) is 3.96. The van der Waals surface area contributed by atoms with Gasteiger partial charge in [0.05, 0.1) is 10.6 Å². The first-order chi connectivity index (χ1) is 9.29. The fourth-order valence-corrected chi connectivity index (χ4v) is 4.36. The second kappa shape index (κ2) is 5.38. The van der Waals surface area contributed by atoms with Crippen LogP contribution in [0.25, 0.3) is 0 Å². The number of sulfone groups is 1. The molecular weight excluding hydrogens is 296 g/mol. The molecule has 2 aromatic rings. The van der Waals surface area contributed by atoms with Crippen LogP contribution in [0.4, 0.5) is 0 Å². The van der Waals surface area contributed by atoms with Crippen LogP contribution >= 0.6 is 11.3 Å². The van der Waals surface area contributed by atoms with Crippen LogP contribution in [0.15, 0.2) is 35.2 Å². The minimum Gasteiger partial charge on any atom is -0.477 e. The molecule has 1 aromatic heterocycles. The number of aryl methyl sites for hydroxylation is 2. The highest BCUT2D eigenvalue weighted by atomic mass is 32.2. The molecule has 0 fully saturated rings. The van der Waals surface area contributed by atoms with Gasteiger partial charge in [-0.25, -0.2) is 13.2 Å². The van der Waals surface area contributed by atoms with Crippen LogP contribution in [-0.2, 0) is 15.6 Å². The standard InChI is InChI=1S/C14H14O4S2/c1-9-4-3-5-12(6-9)20(17,18)8-11-7-13(14(15)16)19-10(11)2/h3-7H,8H2,1-2H3,(H,15,16). The summed E-state index contributed by atoms with van der Waals surface area (Å²) < 4.78 is 24.7. The summed E-state index contributed by atoms with van der Waals surface area (Å²) in [5, 5.41) is 8.94. The minimum atomic E-state index is -3.46. The molecule has 1 N–H and O–H groups in total. The molecule has 0 aliphatic carbocycles. The lowest BCUT2D eigenvalue weighted by Gasteiger charge is -2.05. The lowest BCUT2D eigenvalue weighted by molar-refractivity contribution is 0.0702. The second-order valence-corrected chi connectivity index (χ2v) is 7.82. The first-order valence-corrected chi connectivity index (χ1v) is 8.38. The predicted octanol–water partition coefficient (Wildman–Crippen LogP) is 3.04. The number of thiophene rings is 1. The molecule has 0 saturated heterocycles. The highest BCUT2D eigenvalue weighted by Crippen LogP contribution is 2.26. The van der Waals surface area contributed by atoms with Crippen molar-refractivity contribution in [1.82, 2.24) is 0 Å². The maximum atomic E-state index is 12.3. The fraction of sp³-hybridized carbons (Fsp3) is 0.214. The molecule has 2 rings (SSSR count). The Morgan fingerprint density at radius 3 is 2.50 bits per heavy atom. The molecule has 20 heavy (non-hydrogen) atoms. The van der Waals surface area contributed by atoms with Gasteiger partial charge < -0.3 is 5.11 Å². The van der Waals surface area contributed by atoms with Gasteiger partial charge in [-0.1, -0.05) is 12.1 Å². The van der Waals surface area contributed by atoms with Crippen LogP contribution in [0, 0.1) is 13.8 Å². The van der Waals surface area contributed by atoms with E-state index in [1.807, 2.05) is 13.0 Å². The van der Waals surface area contributed by atoms with E-state index in [9.17, 15) is 13.2 Å². The molecule has 0 aliphatic heterocycles. The molecule has 106 valence electrons. The number of rotatable bonds is 4. The van der Waals surface area contributed by atoms with Crippen molar-refractivity contribution in [2.45, 2.75) is 24.5 Å². The van der Waals surface area contributed by atoms with Gasteiger partial charge in [0, 0.05) is 4.88 Å². The zero-order valence-electron chi connectivity index (χ0n) is 11.1. The van der Waals surface area contributed by atoms with Gasteiger partial charge in [0.1, 0.15) is 4.88 Å². The van der Waals surface area contributed by atoms with Crippen molar-refractivity contribution in [1.29, 1.82) is 0 Å². The minimum absolute atomic E-state index is 0.164. The van der Waals surface area contributed by atoms with Gasteiger partial charge in [-0.3, -0.25) is 0 Å². The summed E-state index contributed by atoms with van der Waals surface area (Å²) in [7, 11) is -3.46. The van der Waals surface area contributed by atoms with E-state index in [-0.39, 0.29) is 15.5 Å². The molecule has 1 aromatic carbocycles. The van der Waals surface area contributed by atoms with E-state index in [0.29, 0.717) is 5.56 Å². The number of aromatic carboxylic acids is 1. The summed E-state index contributed by atoms with van der Waals surface area (Å²) in [5.41, 5.74) is 1.42. The summed E-state index contributed by atoms with van der Waals surface area (Å²) in [6.45, 7) is 3.57.